The fourth-order valence-corrected chi connectivity index (χ4v) is 2.70. The Morgan fingerprint density at radius 3 is 2.52 bits per heavy atom. The van der Waals surface area contributed by atoms with Crippen LogP contribution in [0.4, 0.5) is 0 Å². The van der Waals surface area contributed by atoms with Crippen LogP contribution in [-0.2, 0) is 13.6 Å². The van der Waals surface area contributed by atoms with Crippen LogP contribution in [0.1, 0.15) is 51.2 Å². The third-order valence-electron chi connectivity index (χ3n) is 4.50. The van der Waals surface area contributed by atoms with E-state index in [4.69, 9.17) is 0 Å². The summed E-state index contributed by atoms with van der Waals surface area (Å²) in [5.74, 6) is 2.69. The van der Waals surface area contributed by atoms with E-state index in [0.717, 1.165) is 17.6 Å². The first-order valence-corrected chi connectivity index (χ1v) is 7.73. The molecule has 0 bridgehead atoms. The van der Waals surface area contributed by atoms with Crippen LogP contribution in [0.5, 0.6) is 0 Å². The summed E-state index contributed by atoms with van der Waals surface area (Å²) in [4.78, 5) is 4.31. The van der Waals surface area contributed by atoms with E-state index in [1.807, 2.05) is 25.6 Å². The molecule has 1 aliphatic carbocycles. The Bertz CT molecular complexity index is 492. The molecule has 1 saturated carbocycles. The topological polar surface area (TPSA) is 67.1 Å². The monoisotopic (exact) mass is 292 g/mol. The van der Waals surface area contributed by atoms with Crippen LogP contribution >= 0.6 is 0 Å². The lowest BCUT2D eigenvalue weighted by Crippen LogP contribution is -2.45. The largest absolute Gasteiger partial charge is 0.354 e. The lowest BCUT2D eigenvalue weighted by atomic mass is 9.75. The highest BCUT2D eigenvalue weighted by Crippen LogP contribution is 2.34. The Hall–Kier alpha value is -1.59. The van der Waals surface area contributed by atoms with E-state index in [-0.39, 0.29) is 0 Å². The first kappa shape index (κ1) is 15.8. The van der Waals surface area contributed by atoms with E-state index in [1.54, 1.807) is 0 Å². The van der Waals surface area contributed by atoms with Crippen LogP contribution in [0.25, 0.3) is 0 Å². The van der Waals surface area contributed by atoms with Gasteiger partial charge in [0, 0.05) is 20.1 Å². The summed E-state index contributed by atoms with van der Waals surface area (Å²) in [6.07, 6.45) is 4.95. The number of aryl methyl sites for hydroxylation is 1. The molecule has 0 saturated heterocycles. The lowest BCUT2D eigenvalue weighted by Gasteiger charge is -2.35. The molecular formula is C15H28N6. The van der Waals surface area contributed by atoms with Gasteiger partial charge in [-0.3, -0.25) is 4.99 Å². The molecule has 0 unspecified atom stereocenters. The summed E-state index contributed by atoms with van der Waals surface area (Å²) in [5, 5.41) is 15.1. The van der Waals surface area contributed by atoms with Crippen LogP contribution in [0.2, 0.25) is 0 Å². The van der Waals surface area contributed by atoms with E-state index in [1.165, 1.54) is 25.7 Å². The molecule has 0 aromatic carbocycles. The summed E-state index contributed by atoms with van der Waals surface area (Å²) < 4.78 is 1.99. The maximum absolute atomic E-state index is 4.31. The van der Waals surface area contributed by atoms with Crippen LogP contribution in [0.15, 0.2) is 4.99 Å². The van der Waals surface area contributed by atoms with E-state index >= 15 is 0 Å². The molecular weight excluding hydrogens is 264 g/mol. The Kier molecular flexibility index (Phi) is 4.85. The van der Waals surface area contributed by atoms with Gasteiger partial charge in [0.2, 0.25) is 0 Å². The van der Waals surface area contributed by atoms with E-state index in [0.29, 0.717) is 18.0 Å². The molecule has 6 heteroatoms. The fraction of sp³-hybridized carbons (Fsp3) is 0.800. The summed E-state index contributed by atoms with van der Waals surface area (Å²) in [6.45, 7) is 7.29. The van der Waals surface area contributed by atoms with Crippen LogP contribution in [0.3, 0.4) is 0 Å². The van der Waals surface area contributed by atoms with Crippen LogP contribution < -0.4 is 10.6 Å². The highest BCUT2D eigenvalue weighted by Gasteiger charge is 2.27. The average Bonchev–Trinajstić information content (AvgIpc) is 2.77. The molecule has 1 aromatic rings. The summed E-state index contributed by atoms with van der Waals surface area (Å²) in [5.41, 5.74) is 0.491. The maximum Gasteiger partial charge on any atom is 0.191 e. The van der Waals surface area contributed by atoms with Gasteiger partial charge in [-0.1, -0.05) is 13.8 Å². The molecule has 1 aromatic heterocycles. The van der Waals surface area contributed by atoms with E-state index < -0.39 is 0 Å². The molecule has 6 nitrogen and oxygen atoms in total. The van der Waals surface area contributed by atoms with Crippen molar-refractivity contribution in [1.29, 1.82) is 0 Å². The third kappa shape index (κ3) is 4.19. The van der Waals surface area contributed by atoms with E-state index in [9.17, 15) is 0 Å². The first-order chi connectivity index (χ1) is 9.91. The molecule has 0 atom stereocenters. The standard InChI is InChI=1S/C15H28N6/c1-11-19-20-13(21(11)5)10-17-14(16-4)18-12-6-8-15(2,3)9-7-12/h12H,6-10H2,1-5H3,(H2,16,17,18). The first-order valence-electron chi connectivity index (χ1n) is 7.73. The zero-order valence-electron chi connectivity index (χ0n) is 13.9. The zero-order chi connectivity index (χ0) is 15.5. The average molecular weight is 292 g/mol. The molecule has 1 fully saturated rings. The van der Waals surface area contributed by atoms with E-state index in [2.05, 4.69) is 39.7 Å². The van der Waals surface area contributed by atoms with Gasteiger partial charge in [-0.15, -0.1) is 10.2 Å². The molecule has 1 heterocycles. The third-order valence-corrected chi connectivity index (χ3v) is 4.50. The van der Waals surface area contributed by atoms with Gasteiger partial charge in [-0.05, 0) is 38.0 Å². The van der Waals surface area contributed by atoms with Crippen molar-refractivity contribution >= 4 is 5.96 Å². The lowest BCUT2D eigenvalue weighted by molar-refractivity contribution is 0.216. The minimum Gasteiger partial charge on any atom is -0.354 e. The number of nitrogens with one attached hydrogen (secondary N) is 2. The molecule has 21 heavy (non-hydrogen) atoms. The molecule has 0 spiro atoms. The number of guanidine groups is 1. The maximum atomic E-state index is 4.31. The summed E-state index contributed by atoms with van der Waals surface area (Å²) >= 11 is 0. The van der Waals surface area contributed by atoms with Crippen molar-refractivity contribution < 1.29 is 0 Å². The number of rotatable bonds is 3. The van der Waals surface area contributed by atoms with Crippen LogP contribution in [-0.4, -0.2) is 33.8 Å². The van der Waals surface area contributed by atoms with Gasteiger partial charge in [-0.25, -0.2) is 0 Å². The van der Waals surface area contributed by atoms with Gasteiger partial charge in [0.1, 0.15) is 5.82 Å². The summed E-state index contributed by atoms with van der Waals surface area (Å²) in [7, 11) is 3.79. The number of nitrogens with zero attached hydrogens (tertiary/aromatic N) is 4. The smallest absolute Gasteiger partial charge is 0.191 e. The molecule has 0 radical (unpaired) electrons. The molecule has 0 aliphatic heterocycles. The Labute approximate surface area is 127 Å². The van der Waals surface area contributed by atoms with Crippen molar-refractivity contribution in [3.8, 4) is 0 Å². The van der Waals surface area contributed by atoms with Crippen molar-refractivity contribution in [3.63, 3.8) is 0 Å². The Morgan fingerprint density at radius 2 is 2.00 bits per heavy atom. The van der Waals surface area contributed by atoms with Crippen molar-refractivity contribution in [3.05, 3.63) is 11.6 Å². The fourth-order valence-electron chi connectivity index (χ4n) is 2.70. The van der Waals surface area contributed by atoms with Crippen molar-refractivity contribution in [1.82, 2.24) is 25.4 Å². The second-order valence-electron chi connectivity index (χ2n) is 6.73. The van der Waals surface area contributed by atoms with Gasteiger partial charge < -0.3 is 15.2 Å². The van der Waals surface area contributed by atoms with Crippen molar-refractivity contribution in [2.24, 2.45) is 17.5 Å². The Morgan fingerprint density at radius 1 is 1.33 bits per heavy atom. The second kappa shape index (κ2) is 6.45. The van der Waals surface area contributed by atoms with Crippen molar-refractivity contribution in [2.75, 3.05) is 7.05 Å². The summed E-state index contributed by atoms with van der Waals surface area (Å²) in [6, 6.07) is 0.519. The number of aliphatic imine (C=N–C) groups is 1. The molecule has 1 aliphatic rings. The molecule has 2 rings (SSSR count). The molecule has 2 N–H and O–H groups in total. The second-order valence-corrected chi connectivity index (χ2v) is 6.73. The predicted octanol–water partition coefficient (Wildman–Crippen LogP) is 1.76. The predicted molar refractivity (Wildman–Crippen MR) is 85.1 cm³/mol. The highest BCUT2D eigenvalue weighted by molar-refractivity contribution is 5.79. The highest BCUT2D eigenvalue weighted by atomic mass is 15.3. The normalized spacial score (nSPS) is 19.6. The van der Waals surface area contributed by atoms with Gasteiger partial charge >= 0.3 is 0 Å². The van der Waals surface area contributed by atoms with Crippen LogP contribution in [0, 0.1) is 12.3 Å². The van der Waals surface area contributed by atoms with Gasteiger partial charge in [0.15, 0.2) is 11.8 Å². The van der Waals surface area contributed by atoms with Crippen molar-refractivity contribution in [2.45, 2.75) is 59.0 Å². The van der Waals surface area contributed by atoms with Gasteiger partial charge in [0.05, 0.1) is 6.54 Å². The minimum atomic E-state index is 0.491. The molecule has 118 valence electrons. The SMILES string of the molecule is CN=C(NCc1nnc(C)n1C)NC1CCC(C)(C)CC1. The van der Waals surface area contributed by atoms with Gasteiger partial charge in [-0.2, -0.15) is 0 Å². The number of aromatic nitrogens is 3. The number of hydrogen-bond acceptors (Lipinski definition) is 3. The van der Waals surface area contributed by atoms with Gasteiger partial charge in [0.25, 0.3) is 0 Å². The quantitative estimate of drug-likeness (QED) is 0.658. The molecule has 0 amide bonds. The minimum absolute atomic E-state index is 0.491. The Balaban J connectivity index is 1.83. The zero-order valence-corrected chi connectivity index (χ0v) is 13.9. The number of hydrogen-bond donors (Lipinski definition) is 2.